The summed E-state index contributed by atoms with van der Waals surface area (Å²) in [5.41, 5.74) is 1.93. The number of nitrogens with one attached hydrogen (secondary N) is 1. The Hall–Kier alpha value is -1.97. The molecule has 1 aromatic carbocycles. The summed E-state index contributed by atoms with van der Waals surface area (Å²) in [6.07, 6.45) is 5.68. The number of hydrogen-bond acceptors (Lipinski definition) is 2. The van der Waals surface area contributed by atoms with E-state index < -0.39 is 0 Å². The fourth-order valence-electron chi connectivity index (χ4n) is 2.98. The zero-order chi connectivity index (χ0) is 14.8. The summed E-state index contributed by atoms with van der Waals surface area (Å²) in [6.45, 7) is 1.82. The molecular formula is C17H19FN2O. The first-order chi connectivity index (χ1) is 10.1. The Balaban J connectivity index is 1.87. The molecule has 2 aromatic rings. The average molecular weight is 286 g/mol. The largest absolute Gasteiger partial charge is 0.349 e. The van der Waals surface area contributed by atoms with Gasteiger partial charge in [0.15, 0.2) is 0 Å². The highest BCUT2D eigenvalue weighted by Gasteiger charge is 2.18. The van der Waals surface area contributed by atoms with E-state index in [4.69, 9.17) is 0 Å². The lowest BCUT2D eigenvalue weighted by Gasteiger charge is -2.23. The number of halogens is 1. The van der Waals surface area contributed by atoms with Crippen LogP contribution in [0.5, 0.6) is 0 Å². The lowest BCUT2D eigenvalue weighted by Crippen LogP contribution is -2.36. The highest BCUT2D eigenvalue weighted by atomic mass is 19.1. The van der Waals surface area contributed by atoms with E-state index in [1.54, 1.807) is 12.1 Å². The predicted molar refractivity (Wildman–Crippen MR) is 80.8 cm³/mol. The predicted octanol–water partition coefficient (Wildman–Crippen LogP) is 3.74. The van der Waals surface area contributed by atoms with Crippen LogP contribution in [0.4, 0.5) is 4.39 Å². The highest BCUT2D eigenvalue weighted by molar-refractivity contribution is 5.98. The van der Waals surface area contributed by atoms with E-state index in [9.17, 15) is 9.18 Å². The molecule has 1 aromatic heterocycles. The van der Waals surface area contributed by atoms with Crippen molar-refractivity contribution in [1.29, 1.82) is 0 Å². The topological polar surface area (TPSA) is 42.0 Å². The van der Waals surface area contributed by atoms with Crippen LogP contribution in [-0.2, 0) is 0 Å². The quantitative estimate of drug-likeness (QED) is 0.913. The fraction of sp³-hybridized carbons (Fsp3) is 0.412. The van der Waals surface area contributed by atoms with E-state index in [-0.39, 0.29) is 17.8 Å². The number of nitrogens with zero attached hydrogens (tertiary/aromatic N) is 1. The molecule has 0 unspecified atom stereocenters. The van der Waals surface area contributed by atoms with Gasteiger partial charge in [-0.25, -0.2) is 4.39 Å². The monoisotopic (exact) mass is 286 g/mol. The molecule has 1 amide bonds. The number of carbonyl (C=O) groups excluding carboxylic acids is 1. The van der Waals surface area contributed by atoms with E-state index in [1.165, 1.54) is 31.4 Å². The molecule has 110 valence electrons. The van der Waals surface area contributed by atoms with E-state index in [2.05, 4.69) is 10.3 Å². The van der Waals surface area contributed by atoms with Crippen molar-refractivity contribution in [1.82, 2.24) is 10.3 Å². The van der Waals surface area contributed by atoms with E-state index in [0.717, 1.165) is 12.8 Å². The van der Waals surface area contributed by atoms with Crippen LogP contribution in [0.3, 0.4) is 0 Å². The van der Waals surface area contributed by atoms with Crippen molar-refractivity contribution in [3.05, 3.63) is 41.3 Å². The zero-order valence-corrected chi connectivity index (χ0v) is 12.2. The Morgan fingerprint density at radius 1 is 1.24 bits per heavy atom. The Morgan fingerprint density at radius 3 is 2.76 bits per heavy atom. The van der Waals surface area contributed by atoms with Crippen LogP contribution in [0.1, 0.15) is 48.2 Å². The summed E-state index contributed by atoms with van der Waals surface area (Å²) in [5, 5.41) is 3.74. The number of hydrogen-bond donors (Lipinski definition) is 1. The lowest BCUT2D eigenvalue weighted by molar-refractivity contribution is 0.0927. The third-order valence-corrected chi connectivity index (χ3v) is 4.15. The van der Waals surface area contributed by atoms with Gasteiger partial charge in [0.2, 0.25) is 0 Å². The van der Waals surface area contributed by atoms with Gasteiger partial charge in [0.1, 0.15) is 5.82 Å². The van der Waals surface area contributed by atoms with Crippen LogP contribution in [0.2, 0.25) is 0 Å². The van der Waals surface area contributed by atoms with Crippen molar-refractivity contribution in [2.75, 3.05) is 0 Å². The Morgan fingerprint density at radius 2 is 2.00 bits per heavy atom. The molecule has 0 bridgehead atoms. The summed E-state index contributed by atoms with van der Waals surface area (Å²) >= 11 is 0. The van der Waals surface area contributed by atoms with Crippen molar-refractivity contribution in [2.45, 2.75) is 45.1 Å². The number of rotatable bonds is 2. The van der Waals surface area contributed by atoms with Crippen molar-refractivity contribution in [3.8, 4) is 0 Å². The number of pyridine rings is 1. The Bertz CT molecular complexity index is 678. The van der Waals surface area contributed by atoms with Gasteiger partial charge in [-0.2, -0.15) is 0 Å². The molecule has 3 rings (SSSR count). The molecule has 0 radical (unpaired) electrons. The minimum Gasteiger partial charge on any atom is -0.349 e. The molecule has 1 fully saturated rings. The second-order valence-electron chi connectivity index (χ2n) is 5.77. The minimum absolute atomic E-state index is 0.0990. The van der Waals surface area contributed by atoms with Crippen LogP contribution in [0.25, 0.3) is 10.9 Å². The van der Waals surface area contributed by atoms with Gasteiger partial charge in [-0.05, 0) is 44.0 Å². The second-order valence-corrected chi connectivity index (χ2v) is 5.77. The first-order valence-electron chi connectivity index (χ1n) is 7.51. The number of aromatic nitrogens is 1. The van der Waals surface area contributed by atoms with E-state index >= 15 is 0 Å². The van der Waals surface area contributed by atoms with Gasteiger partial charge in [0, 0.05) is 11.4 Å². The number of benzene rings is 1. The molecule has 0 saturated heterocycles. The highest BCUT2D eigenvalue weighted by Crippen LogP contribution is 2.20. The molecule has 1 heterocycles. The summed E-state index contributed by atoms with van der Waals surface area (Å²) in [7, 11) is 0. The fourth-order valence-corrected chi connectivity index (χ4v) is 2.98. The summed E-state index contributed by atoms with van der Waals surface area (Å²) < 4.78 is 13.3. The molecular weight excluding hydrogens is 267 g/mol. The molecule has 21 heavy (non-hydrogen) atoms. The van der Waals surface area contributed by atoms with Gasteiger partial charge >= 0.3 is 0 Å². The number of carbonyl (C=O) groups is 1. The van der Waals surface area contributed by atoms with Gasteiger partial charge in [-0.3, -0.25) is 9.78 Å². The third kappa shape index (κ3) is 3.04. The first kappa shape index (κ1) is 14.0. The lowest BCUT2D eigenvalue weighted by atomic mass is 9.95. The summed E-state index contributed by atoms with van der Waals surface area (Å²) in [4.78, 5) is 16.8. The van der Waals surface area contributed by atoms with Crippen LogP contribution < -0.4 is 5.32 Å². The summed E-state index contributed by atoms with van der Waals surface area (Å²) in [5.74, 6) is -0.412. The smallest absolute Gasteiger partial charge is 0.253 e. The van der Waals surface area contributed by atoms with Crippen LogP contribution in [0.15, 0.2) is 24.3 Å². The molecule has 0 atom stereocenters. The standard InChI is InChI=1S/C17H19FN2O/c1-11-15(17(21)20-14-5-3-2-4-6-14)10-12-9-13(18)7-8-16(12)19-11/h7-10,14H,2-6H2,1H3,(H,20,21). The van der Waals surface area contributed by atoms with Crippen molar-refractivity contribution < 1.29 is 9.18 Å². The van der Waals surface area contributed by atoms with Gasteiger partial charge in [-0.15, -0.1) is 0 Å². The molecule has 3 nitrogen and oxygen atoms in total. The molecule has 1 N–H and O–H groups in total. The van der Waals surface area contributed by atoms with Gasteiger partial charge in [0.05, 0.1) is 16.8 Å². The maximum absolute atomic E-state index is 13.3. The number of amides is 1. The molecule has 0 aliphatic heterocycles. The maximum atomic E-state index is 13.3. The van der Waals surface area contributed by atoms with Gasteiger partial charge in [-0.1, -0.05) is 19.3 Å². The first-order valence-corrected chi connectivity index (χ1v) is 7.51. The molecule has 1 aliphatic rings. The Labute approximate surface area is 123 Å². The normalized spacial score (nSPS) is 16.1. The summed E-state index contributed by atoms with van der Waals surface area (Å²) in [6, 6.07) is 6.43. The van der Waals surface area contributed by atoms with Gasteiger partial charge < -0.3 is 5.32 Å². The maximum Gasteiger partial charge on any atom is 0.253 e. The molecule has 4 heteroatoms. The van der Waals surface area contributed by atoms with E-state index in [0.29, 0.717) is 22.2 Å². The Kier molecular flexibility index (Phi) is 3.86. The zero-order valence-electron chi connectivity index (χ0n) is 12.2. The van der Waals surface area contributed by atoms with Crippen LogP contribution in [-0.4, -0.2) is 16.9 Å². The van der Waals surface area contributed by atoms with Crippen LogP contribution >= 0.6 is 0 Å². The van der Waals surface area contributed by atoms with E-state index in [1.807, 2.05) is 6.92 Å². The van der Waals surface area contributed by atoms with Gasteiger partial charge in [0.25, 0.3) is 5.91 Å². The number of fused-ring (bicyclic) bond motifs is 1. The third-order valence-electron chi connectivity index (χ3n) is 4.15. The minimum atomic E-state index is -0.313. The number of aryl methyl sites for hydroxylation is 1. The van der Waals surface area contributed by atoms with Crippen molar-refractivity contribution in [3.63, 3.8) is 0 Å². The second kappa shape index (κ2) is 5.80. The molecule has 0 spiro atoms. The van der Waals surface area contributed by atoms with Crippen molar-refractivity contribution >= 4 is 16.8 Å². The van der Waals surface area contributed by atoms with Crippen LogP contribution in [0, 0.1) is 12.7 Å². The average Bonchev–Trinajstić information content (AvgIpc) is 2.48. The van der Waals surface area contributed by atoms with Crippen molar-refractivity contribution in [2.24, 2.45) is 0 Å². The SMILES string of the molecule is Cc1nc2ccc(F)cc2cc1C(=O)NC1CCCCC1. The molecule has 1 saturated carbocycles. The molecule has 1 aliphatic carbocycles.